The molecule has 3 atom stereocenters. The highest BCUT2D eigenvalue weighted by Gasteiger charge is 2.59. The molecule has 0 aromatic carbocycles. The van der Waals surface area contributed by atoms with Crippen molar-refractivity contribution in [1.82, 2.24) is 4.90 Å². The van der Waals surface area contributed by atoms with Crippen LogP contribution in [0.5, 0.6) is 0 Å². The lowest BCUT2D eigenvalue weighted by Crippen LogP contribution is -2.47. The lowest BCUT2D eigenvalue weighted by molar-refractivity contribution is -0.117. The fourth-order valence-electron chi connectivity index (χ4n) is 3.31. The summed E-state index contributed by atoms with van der Waals surface area (Å²) in [5, 5.41) is -0.708. The van der Waals surface area contributed by atoms with Gasteiger partial charge in [-0.2, -0.15) is 0 Å². The molecule has 1 aliphatic carbocycles. The number of carbonyl (C=O) groups excluding carboxylic acids is 1. The molecule has 0 aromatic heterocycles. The molecule has 0 bridgehead atoms. The van der Waals surface area contributed by atoms with E-state index in [1.807, 2.05) is 7.28 Å². The van der Waals surface area contributed by atoms with E-state index >= 15 is 0 Å². The van der Waals surface area contributed by atoms with Gasteiger partial charge in [0, 0.05) is 11.5 Å². The summed E-state index contributed by atoms with van der Waals surface area (Å²) in [6.07, 6.45) is 5.73. The van der Waals surface area contributed by atoms with Gasteiger partial charge in [0.15, 0.2) is 0 Å². The Hall–Kier alpha value is -0.500. The maximum absolute atomic E-state index is 11.8. The lowest BCUT2D eigenvalue weighted by atomic mass is 9.37. The molecule has 3 radical (unpaired) electrons. The standard InChI is InChI=1S/C10H12B2NO/c1-9-3-2-7(14)10(11)8(9)13(5-4-9)6-12-10/h2-3,8H,4-6H2,1H3/t8?,9-,10?/m0/s1. The van der Waals surface area contributed by atoms with Crippen molar-refractivity contribution >= 4 is 20.9 Å². The number of rotatable bonds is 0. The normalized spacial score (nSPS) is 50.6. The van der Waals surface area contributed by atoms with E-state index in [9.17, 15) is 4.79 Å². The summed E-state index contributed by atoms with van der Waals surface area (Å²) in [5.41, 5.74) is 0.107. The van der Waals surface area contributed by atoms with Crippen LogP contribution in [-0.2, 0) is 4.79 Å². The minimum atomic E-state index is -0.708. The van der Waals surface area contributed by atoms with Gasteiger partial charge in [-0.25, -0.2) is 0 Å². The maximum atomic E-state index is 11.8. The van der Waals surface area contributed by atoms with Crippen molar-refractivity contribution < 1.29 is 4.79 Å². The van der Waals surface area contributed by atoms with Crippen LogP contribution in [0.2, 0.25) is 5.21 Å². The predicted molar refractivity (Wildman–Crippen MR) is 56.4 cm³/mol. The van der Waals surface area contributed by atoms with Crippen molar-refractivity contribution in [2.75, 3.05) is 13.0 Å². The van der Waals surface area contributed by atoms with Crippen LogP contribution in [0.15, 0.2) is 12.2 Å². The van der Waals surface area contributed by atoms with Crippen molar-refractivity contribution in [2.24, 2.45) is 5.41 Å². The molecule has 2 heterocycles. The highest BCUT2D eigenvalue weighted by Crippen LogP contribution is 2.54. The van der Waals surface area contributed by atoms with E-state index in [2.05, 4.69) is 17.9 Å². The molecular weight excluding hydrogens is 172 g/mol. The summed E-state index contributed by atoms with van der Waals surface area (Å²) >= 11 is 0. The SMILES string of the molecule is [B]C12[B]CN3CC[C@](C)(C=CC1=O)C32. The number of hydrogen-bond acceptors (Lipinski definition) is 2. The van der Waals surface area contributed by atoms with E-state index in [4.69, 9.17) is 7.85 Å². The summed E-state index contributed by atoms with van der Waals surface area (Å²) in [7, 11) is 8.20. The number of carbonyl (C=O) groups is 1. The molecule has 14 heavy (non-hydrogen) atoms. The molecule has 2 fully saturated rings. The third kappa shape index (κ3) is 0.813. The van der Waals surface area contributed by atoms with E-state index in [1.165, 1.54) is 0 Å². The Labute approximate surface area is 86.4 Å². The van der Waals surface area contributed by atoms with Crippen molar-refractivity contribution in [3.63, 3.8) is 0 Å². The van der Waals surface area contributed by atoms with Gasteiger partial charge in [0.1, 0.15) is 13.1 Å². The van der Waals surface area contributed by atoms with Crippen molar-refractivity contribution in [3.05, 3.63) is 12.2 Å². The van der Waals surface area contributed by atoms with E-state index < -0.39 is 5.21 Å². The fraction of sp³-hybridized carbons (Fsp3) is 0.700. The fourth-order valence-corrected chi connectivity index (χ4v) is 3.31. The Morgan fingerprint density at radius 1 is 1.71 bits per heavy atom. The molecule has 3 rings (SSSR count). The molecule has 2 nitrogen and oxygen atoms in total. The first-order chi connectivity index (χ1) is 6.56. The van der Waals surface area contributed by atoms with Crippen LogP contribution >= 0.6 is 0 Å². The van der Waals surface area contributed by atoms with E-state index in [0.717, 1.165) is 19.4 Å². The van der Waals surface area contributed by atoms with Crippen LogP contribution in [0, 0.1) is 5.41 Å². The third-order valence-electron chi connectivity index (χ3n) is 4.09. The smallest absolute Gasteiger partial charge is 0.146 e. The number of ketones is 1. The van der Waals surface area contributed by atoms with Gasteiger partial charge in [-0.15, -0.1) is 0 Å². The zero-order chi connectivity index (χ0) is 9.97. The zero-order valence-electron chi connectivity index (χ0n) is 8.36. The minimum absolute atomic E-state index is 0.0735. The second-order valence-corrected chi connectivity index (χ2v) is 4.99. The summed E-state index contributed by atoms with van der Waals surface area (Å²) in [4.78, 5) is 14.1. The third-order valence-corrected chi connectivity index (χ3v) is 4.09. The maximum Gasteiger partial charge on any atom is 0.146 e. The van der Waals surface area contributed by atoms with Gasteiger partial charge in [-0.3, -0.25) is 4.79 Å². The Morgan fingerprint density at radius 2 is 2.50 bits per heavy atom. The molecule has 0 spiro atoms. The topological polar surface area (TPSA) is 20.3 Å². The molecule has 0 saturated carbocycles. The van der Waals surface area contributed by atoms with E-state index in [0.29, 0.717) is 0 Å². The molecule has 69 valence electrons. The Morgan fingerprint density at radius 3 is 3.29 bits per heavy atom. The summed E-state index contributed by atoms with van der Waals surface area (Å²) in [5.74, 6) is 0.0735. The number of nitrogens with zero attached hydrogens (tertiary/aromatic N) is 1. The van der Waals surface area contributed by atoms with Crippen LogP contribution in [0.25, 0.3) is 0 Å². The molecule has 4 heteroatoms. The van der Waals surface area contributed by atoms with E-state index in [-0.39, 0.29) is 17.2 Å². The Kier molecular flexibility index (Phi) is 1.48. The van der Waals surface area contributed by atoms with Crippen LogP contribution in [0.4, 0.5) is 0 Å². The van der Waals surface area contributed by atoms with Gasteiger partial charge in [0.05, 0.1) is 7.85 Å². The van der Waals surface area contributed by atoms with Crippen molar-refractivity contribution in [1.29, 1.82) is 0 Å². The first-order valence-corrected chi connectivity index (χ1v) is 5.17. The van der Waals surface area contributed by atoms with Gasteiger partial charge in [0.2, 0.25) is 0 Å². The first-order valence-electron chi connectivity index (χ1n) is 5.17. The largest absolute Gasteiger partial charge is 0.308 e. The zero-order valence-corrected chi connectivity index (χ0v) is 8.36. The highest BCUT2D eigenvalue weighted by molar-refractivity contribution is 6.64. The lowest BCUT2D eigenvalue weighted by Gasteiger charge is -2.42. The van der Waals surface area contributed by atoms with Gasteiger partial charge in [-0.05, 0) is 30.7 Å². The van der Waals surface area contributed by atoms with Crippen LogP contribution < -0.4 is 0 Å². The second kappa shape index (κ2) is 2.35. The number of hydrogen-bond donors (Lipinski definition) is 0. The molecule has 2 aliphatic heterocycles. The molecule has 0 N–H and O–H groups in total. The Balaban J connectivity index is 2.16. The van der Waals surface area contributed by atoms with Crippen LogP contribution in [0.1, 0.15) is 13.3 Å². The molecule has 0 aromatic rings. The monoisotopic (exact) mass is 184 g/mol. The average molecular weight is 184 g/mol. The van der Waals surface area contributed by atoms with Gasteiger partial charge >= 0.3 is 0 Å². The summed E-state index contributed by atoms with van der Waals surface area (Å²) in [6.45, 7) is 3.27. The molecule has 2 unspecified atom stereocenters. The van der Waals surface area contributed by atoms with Crippen molar-refractivity contribution in [2.45, 2.75) is 24.6 Å². The van der Waals surface area contributed by atoms with Gasteiger partial charge < -0.3 is 4.90 Å². The quantitative estimate of drug-likeness (QED) is 0.500. The Bertz CT molecular complexity index is 343. The van der Waals surface area contributed by atoms with Gasteiger partial charge in [-0.1, -0.05) is 13.0 Å². The highest BCUT2D eigenvalue weighted by atomic mass is 16.1. The molecule has 3 aliphatic rings. The van der Waals surface area contributed by atoms with E-state index in [1.54, 1.807) is 6.08 Å². The number of allylic oxidation sites excluding steroid dienone is 1. The summed E-state index contributed by atoms with van der Waals surface area (Å²) < 4.78 is 0. The van der Waals surface area contributed by atoms with Gasteiger partial charge in [0.25, 0.3) is 0 Å². The first kappa shape index (κ1) is 8.78. The summed E-state index contributed by atoms with van der Waals surface area (Å²) in [6, 6.07) is 0.201. The second-order valence-electron chi connectivity index (χ2n) is 4.99. The van der Waals surface area contributed by atoms with Crippen molar-refractivity contribution in [3.8, 4) is 0 Å². The average Bonchev–Trinajstić information content (AvgIpc) is 2.65. The molecular formula is C10H12B2NO. The minimum Gasteiger partial charge on any atom is -0.308 e. The molecule has 0 amide bonds. The van der Waals surface area contributed by atoms with Crippen LogP contribution in [-0.4, -0.2) is 44.8 Å². The molecule has 2 saturated heterocycles. The van der Waals surface area contributed by atoms with Crippen LogP contribution in [0.3, 0.4) is 0 Å². The predicted octanol–water partition coefficient (Wildman–Crippen LogP) is 0.166.